The number of ether oxygens (including phenoxy) is 1. The van der Waals surface area contributed by atoms with E-state index in [0.29, 0.717) is 16.7 Å². The molecule has 1 heterocycles. The maximum atomic E-state index is 5.93. The molecule has 0 spiro atoms. The Labute approximate surface area is 121 Å². The number of benzene rings is 1. The molecule has 0 aliphatic rings. The molecule has 0 aliphatic heterocycles. The number of hydrogen-bond acceptors (Lipinski definition) is 2. The average Bonchev–Trinajstić information content (AvgIpc) is 2.27. The van der Waals surface area contributed by atoms with Crippen molar-refractivity contribution in [3.8, 4) is 11.6 Å². The molecule has 0 unspecified atom stereocenters. The van der Waals surface area contributed by atoms with E-state index in [0.717, 1.165) is 14.5 Å². The maximum absolute atomic E-state index is 5.93. The van der Waals surface area contributed by atoms with E-state index in [2.05, 4.69) is 36.8 Å². The molecule has 88 valence electrons. The van der Waals surface area contributed by atoms with Gasteiger partial charge in [-0.1, -0.05) is 17.7 Å². The Hall–Kier alpha value is -0.580. The Morgan fingerprint density at radius 2 is 2.00 bits per heavy atom. The van der Waals surface area contributed by atoms with Crippen molar-refractivity contribution in [1.82, 2.24) is 4.98 Å². The van der Waals surface area contributed by atoms with Gasteiger partial charge in [-0.05, 0) is 62.5 Å². The van der Waals surface area contributed by atoms with Crippen molar-refractivity contribution in [2.24, 2.45) is 0 Å². The Bertz CT molecular complexity index is 560. The molecule has 0 aliphatic carbocycles. The normalized spacial score (nSPS) is 10.4. The predicted molar refractivity (Wildman–Crippen MR) is 75.9 cm³/mol. The number of aryl methyl sites for hydroxylation is 1. The van der Waals surface area contributed by atoms with Gasteiger partial charge < -0.3 is 4.74 Å². The van der Waals surface area contributed by atoms with Gasteiger partial charge in [-0.25, -0.2) is 4.98 Å². The molecule has 2 nitrogen and oxygen atoms in total. The van der Waals surface area contributed by atoms with Gasteiger partial charge in [0.05, 0.1) is 4.47 Å². The minimum atomic E-state index is 0.513. The lowest BCUT2D eigenvalue weighted by Gasteiger charge is -2.09. The Kier molecular flexibility index (Phi) is 4.07. The van der Waals surface area contributed by atoms with Crippen molar-refractivity contribution in [1.29, 1.82) is 0 Å². The maximum Gasteiger partial charge on any atom is 0.233 e. The van der Waals surface area contributed by atoms with Crippen LogP contribution in [0.1, 0.15) is 5.56 Å². The Morgan fingerprint density at radius 3 is 2.71 bits per heavy atom. The fourth-order valence-corrected chi connectivity index (χ4v) is 2.50. The minimum absolute atomic E-state index is 0.513. The Balaban J connectivity index is 2.34. The van der Waals surface area contributed by atoms with Crippen LogP contribution in [0.4, 0.5) is 0 Å². The summed E-state index contributed by atoms with van der Waals surface area (Å²) in [5.74, 6) is 1.21. The van der Waals surface area contributed by atoms with Gasteiger partial charge in [0, 0.05) is 15.7 Å². The highest BCUT2D eigenvalue weighted by Gasteiger charge is 2.07. The second kappa shape index (κ2) is 5.38. The SMILES string of the molecule is Cc1ccc(Cl)cc1Oc1ncc(Br)cc1Br. The summed E-state index contributed by atoms with van der Waals surface area (Å²) < 4.78 is 7.38. The van der Waals surface area contributed by atoms with Gasteiger partial charge in [0.1, 0.15) is 5.75 Å². The number of hydrogen-bond donors (Lipinski definition) is 0. The molecule has 1 aromatic carbocycles. The molecule has 0 saturated heterocycles. The van der Waals surface area contributed by atoms with Crippen LogP contribution in [0.25, 0.3) is 0 Å². The summed E-state index contributed by atoms with van der Waals surface area (Å²) in [6.07, 6.45) is 1.68. The topological polar surface area (TPSA) is 22.1 Å². The largest absolute Gasteiger partial charge is 0.438 e. The first kappa shape index (κ1) is 12.9. The second-order valence-electron chi connectivity index (χ2n) is 3.45. The molecule has 1 aromatic heterocycles. The van der Waals surface area contributed by atoms with Crippen LogP contribution in [0.15, 0.2) is 39.4 Å². The molecule has 0 N–H and O–H groups in total. The van der Waals surface area contributed by atoms with Crippen molar-refractivity contribution in [3.63, 3.8) is 0 Å². The monoisotopic (exact) mass is 375 g/mol. The standard InChI is InChI=1S/C12H8Br2ClNO/c1-7-2-3-9(15)5-11(7)17-12-10(14)4-8(13)6-16-12/h2-6H,1H3. The molecule has 0 fully saturated rings. The number of rotatable bonds is 2. The van der Waals surface area contributed by atoms with Crippen molar-refractivity contribution in [3.05, 3.63) is 50.0 Å². The lowest BCUT2D eigenvalue weighted by Crippen LogP contribution is -1.91. The zero-order valence-corrected chi connectivity index (χ0v) is 12.8. The van der Waals surface area contributed by atoms with Gasteiger partial charge >= 0.3 is 0 Å². The van der Waals surface area contributed by atoms with E-state index in [1.165, 1.54) is 0 Å². The highest BCUT2D eigenvalue weighted by molar-refractivity contribution is 9.11. The fourth-order valence-electron chi connectivity index (χ4n) is 1.27. The van der Waals surface area contributed by atoms with Crippen LogP contribution in [0.2, 0.25) is 5.02 Å². The molecular weight excluding hydrogens is 369 g/mol. The van der Waals surface area contributed by atoms with E-state index in [9.17, 15) is 0 Å². The molecular formula is C12H8Br2ClNO. The molecule has 5 heteroatoms. The van der Waals surface area contributed by atoms with E-state index >= 15 is 0 Å². The summed E-state index contributed by atoms with van der Waals surface area (Å²) in [5.41, 5.74) is 1.01. The molecule has 2 aromatic rings. The van der Waals surface area contributed by atoms with E-state index in [1.54, 1.807) is 12.3 Å². The van der Waals surface area contributed by atoms with E-state index in [-0.39, 0.29) is 0 Å². The molecule has 0 atom stereocenters. The van der Waals surface area contributed by atoms with Crippen LogP contribution in [0, 0.1) is 6.92 Å². The molecule has 0 saturated carbocycles. The Morgan fingerprint density at radius 1 is 1.24 bits per heavy atom. The zero-order chi connectivity index (χ0) is 12.4. The fraction of sp³-hybridized carbons (Fsp3) is 0.0833. The number of nitrogens with zero attached hydrogens (tertiary/aromatic N) is 1. The molecule has 17 heavy (non-hydrogen) atoms. The third-order valence-corrected chi connectivity index (χ3v) is 3.37. The number of pyridine rings is 1. The quantitative estimate of drug-likeness (QED) is 0.703. The average molecular weight is 377 g/mol. The van der Waals surface area contributed by atoms with Crippen molar-refractivity contribution in [2.75, 3.05) is 0 Å². The molecule has 0 amide bonds. The van der Waals surface area contributed by atoms with Crippen molar-refractivity contribution >= 4 is 43.5 Å². The summed E-state index contributed by atoms with van der Waals surface area (Å²) in [4.78, 5) is 4.18. The number of halogens is 3. The van der Waals surface area contributed by atoms with Gasteiger partial charge in [0.25, 0.3) is 0 Å². The molecule has 2 rings (SSSR count). The summed E-state index contributed by atoms with van der Waals surface area (Å²) in [5, 5.41) is 0.638. The van der Waals surface area contributed by atoms with Gasteiger partial charge in [-0.3, -0.25) is 0 Å². The summed E-state index contributed by atoms with van der Waals surface area (Å²) in [6, 6.07) is 7.38. The van der Waals surface area contributed by atoms with E-state index in [1.807, 2.05) is 25.1 Å². The molecule has 0 radical (unpaired) electrons. The van der Waals surface area contributed by atoms with Gasteiger partial charge in [-0.2, -0.15) is 0 Å². The third-order valence-electron chi connectivity index (χ3n) is 2.13. The number of aromatic nitrogens is 1. The first-order valence-corrected chi connectivity index (χ1v) is 6.78. The first-order valence-electron chi connectivity index (χ1n) is 4.81. The van der Waals surface area contributed by atoms with Crippen molar-refractivity contribution < 1.29 is 4.74 Å². The van der Waals surface area contributed by atoms with Crippen LogP contribution in [-0.2, 0) is 0 Å². The van der Waals surface area contributed by atoms with Crippen molar-refractivity contribution in [2.45, 2.75) is 6.92 Å². The minimum Gasteiger partial charge on any atom is -0.438 e. The van der Waals surface area contributed by atoms with Crippen LogP contribution >= 0.6 is 43.5 Å². The zero-order valence-electron chi connectivity index (χ0n) is 8.88. The lowest BCUT2D eigenvalue weighted by molar-refractivity contribution is 0.456. The van der Waals surface area contributed by atoms with Gasteiger partial charge in [-0.15, -0.1) is 0 Å². The lowest BCUT2D eigenvalue weighted by atomic mass is 10.2. The van der Waals surface area contributed by atoms with Gasteiger partial charge in [0.2, 0.25) is 5.88 Å². The summed E-state index contributed by atoms with van der Waals surface area (Å²) in [7, 11) is 0. The first-order chi connectivity index (χ1) is 8.06. The molecule has 0 bridgehead atoms. The highest BCUT2D eigenvalue weighted by atomic mass is 79.9. The van der Waals surface area contributed by atoms with Gasteiger partial charge in [0.15, 0.2) is 0 Å². The van der Waals surface area contributed by atoms with Crippen LogP contribution in [0.5, 0.6) is 11.6 Å². The van der Waals surface area contributed by atoms with Crippen LogP contribution in [-0.4, -0.2) is 4.98 Å². The highest BCUT2D eigenvalue weighted by Crippen LogP contribution is 2.32. The van der Waals surface area contributed by atoms with Crippen LogP contribution in [0.3, 0.4) is 0 Å². The van der Waals surface area contributed by atoms with E-state index in [4.69, 9.17) is 16.3 Å². The predicted octanol–water partition coefficient (Wildman–Crippen LogP) is 5.36. The van der Waals surface area contributed by atoms with E-state index < -0.39 is 0 Å². The summed E-state index contributed by atoms with van der Waals surface area (Å²) >= 11 is 12.7. The van der Waals surface area contributed by atoms with Crippen LogP contribution < -0.4 is 4.74 Å². The third kappa shape index (κ3) is 3.21. The summed E-state index contributed by atoms with van der Waals surface area (Å²) in [6.45, 7) is 1.96. The second-order valence-corrected chi connectivity index (χ2v) is 5.66. The smallest absolute Gasteiger partial charge is 0.233 e.